The largest absolute Gasteiger partial charge is 0.317 e. The SMILES string of the molecule is CCCCCCCCS(=O)(=O)Nc1nc2ccc([N+](=O)[O-])cc2[nH]c1=O. The molecule has 1 heterocycles. The van der Waals surface area contributed by atoms with Gasteiger partial charge in [-0.05, 0) is 12.5 Å². The highest BCUT2D eigenvalue weighted by Gasteiger charge is 2.15. The molecule has 10 heteroatoms. The lowest BCUT2D eigenvalue weighted by Gasteiger charge is -2.07. The summed E-state index contributed by atoms with van der Waals surface area (Å²) in [5.74, 6) is -0.421. The topological polar surface area (TPSA) is 135 Å². The van der Waals surface area contributed by atoms with E-state index in [1.165, 1.54) is 18.2 Å². The number of non-ortho nitro benzene ring substituents is 1. The average Bonchev–Trinajstić information content (AvgIpc) is 2.58. The third-order valence-corrected chi connectivity index (χ3v) is 5.24. The Bertz CT molecular complexity index is 939. The van der Waals surface area contributed by atoms with Crippen LogP contribution in [0.2, 0.25) is 0 Å². The van der Waals surface area contributed by atoms with Crippen LogP contribution in [0.15, 0.2) is 23.0 Å². The number of rotatable bonds is 10. The lowest BCUT2D eigenvalue weighted by molar-refractivity contribution is -0.384. The first-order valence-corrected chi connectivity index (χ1v) is 10.2. The van der Waals surface area contributed by atoms with Crippen molar-refractivity contribution in [1.29, 1.82) is 0 Å². The summed E-state index contributed by atoms with van der Waals surface area (Å²) < 4.78 is 26.5. The molecule has 26 heavy (non-hydrogen) atoms. The fourth-order valence-corrected chi connectivity index (χ4v) is 3.65. The summed E-state index contributed by atoms with van der Waals surface area (Å²) in [6.07, 6.45) is 5.65. The van der Waals surface area contributed by atoms with Crippen LogP contribution in [0.25, 0.3) is 11.0 Å². The molecule has 2 aromatic rings. The number of nitro benzene ring substituents is 1. The zero-order chi connectivity index (χ0) is 19.2. The van der Waals surface area contributed by atoms with Crippen LogP contribution in [-0.2, 0) is 10.0 Å². The minimum atomic E-state index is -3.68. The minimum Gasteiger partial charge on any atom is -0.317 e. The van der Waals surface area contributed by atoms with Crippen molar-refractivity contribution < 1.29 is 13.3 Å². The van der Waals surface area contributed by atoms with Gasteiger partial charge < -0.3 is 4.98 Å². The number of nitro groups is 1. The van der Waals surface area contributed by atoms with Gasteiger partial charge in [-0.1, -0.05) is 39.0 Å². The van der Waals surface area contributed by atoms with E-state index in [0.29, 0.717) is 6.42 Å². The maximum Gasteiger partial charge on any atom is 0.292 e. The maximum absolute atomic E-state index is 12.1. The van der Waals surface area contributed by atoms with Crippen LogP contribution in [0.4, 0.5) is 11.5 Å². The molecule has 0 fully saturated rings. The van der Waals surface area contributed by atoms with E-state index in [4.69, 9.17) is 0 Å². The number of hydrogen-bond donors (Lipinski definition) is 2. The Labute approximate surface area is 151 Å². The van der Waals surface area contributed by atoms with Gasteiger partial charge in [0.2, 0.25) is 15.8 Å². The van der Waals surface area contributed by atoms with Gasteiger partial charge in [-0.15, -0.1) is 0 Å². The zero-order valence-corrected chi connectivity index (χ0v) is 15.3. The van der Waals surface area contributed by atoms with Crippen molar-refractivity contribution in [3.8, 4) is 0 Å². The molecule has 0 spiro atoms. The van der Waals surface area contributed by atoms with Crippen LogP contribution in [0, 0.1) is 10.1 Å². The summed E-state index contributed by atoms with van der Waals surface area (Å²) in [6, 6.07) is 3.77. The number of aromatic amines is 1. The number of nitrogens with zero attached hydrogens (tertiary/aromatic N) is 2. The second-order valence-electron chi connectivity index (χ2n) is 6.06. The number of hydrogen-bond acceptors (Lipinski definition) is 6. The van der Waals surface area contributed by atoms with Crippen LogP contribution in [0.5, 0.6) is 0 Å². The van der Waals surface area contributed by atoms with Crippen LogP contribution in [0.1, 0.15) is 45.4 Å². The van der Waals surface area contributed by atoms with Crippen molar-refractivity contribution in [2.75, 3.05) is 10.5 Å². The first-order valence-electron chi connectivity index (χ1n) is 8.51. The Balaban J connectivity index is 2.07. The van der Waals surface area contributed by atoms with Gasteiger partial charge in [-0.25, -0.2) is 13.4 Å². The van der Waals surface area contributed by atoms with Gasteiger partial charge in [-0.3, -0.25) is 19.6 Å². The molecule has 0 aliphatic rings. The number of fused-ring (bicyclic) bond motifs is 1. The second-order valence-corrected chi connectivity index (χ2v) is 7.90. The highest BCUT2D eigenvalue weighted by molar-refractivity contribution is 7.92. The number of anilines is 1. The van der Waals surface area contributed by atoms with E-state index in [-0.39, 0.29) is 28.3 Å². The van der Waals surface area contributed by atoms with E-state index >= 15 is 0 Å². The Kier molecular flexibility index (Phi) is 6.67. The highest BCUT2D eigenvalue weighted by atomic mass is 32.2. The van der Waals surface area contributed by atoms with Crippen LogP contribution >= 0.6 is 0 Å². The third kappa shape index (κ3) is 5.51. The van der Waals surface area contributed by atoms with E-state index < -0.39 is 20.5 Å². The quantitative estimate of drug-likeness (QED) is 0.368. The van der Waals surface area contributed by atoms with Gasteiger partial charge in [0.05, 0.1) is 21.7 Å². The summed E-state index contributed by atoms with van der Waals surface area (Å²) in [6.45, 7) is 2.11. The van der Waals surface area contributed by atoms with E-state index in [1.807, 2.05) is 0 Å². The lowest BCUT2D eigenvalue weighted by atomic mass is 10.1. The Morgan fingerprint density at radius 2 is 1.88 bits per heavy atom. The molecule has 0 aliphatic heterocycles. The number of benzene rings is 1. The van der Waals surface area contributed by atoms with Gasteiger partial charge in [0, 0.05) is 12.1 Å². The molecule has 2 rings (SSSR count). The highest BCUT2D eigenvalue weighted by Crippen LogP contribution is 2.18. The summed E-state index contributed by atoms with van der Waals surface area (Å²) in [7, 11) is -3.68. The van der Waals surface area contributed by atoms with Gasteiger partial charge in [-0.2, -0.15) is 0 Å². The number of nitrogens with one attached hydrogen (secondary N) is 2. The summed E-state index contributed by atoms with van der Waals surface area (Å²) in [5, 5.41) is 10.8. The molecule has 0 atom stereocenters. The third-order valence-electron chi connectivity index (χ3n) is 3.91. The standard InChI is InChI=1S/C16H22N4O5S/c1-2-3-4-5-6-7-10-26(24,25)19-15-16(21)18-14-11-12(20(22)23)8-9-13(14)17-15/h8-9,11H,2-7,10H2,1H3,(H,17,19)(H,18,21). The first-order chi connectivity index (χ1) is 12.3. The van der Waals surface area contributed by atoms with Crippen molar-refractivity contribution in [3.05, 3.63) is 38.7 Å². The smallest absolute Gasteiger partial charge is 0.292 e. The number of sulfonamides is 1. The summed E-state index contributed by atoms with van der Waals surface area (Å²) >= 11 is 0. The summed E-state index contributed by atoms with van der Waals surface area (Å²) in [4.78, 5) is 28.6. The molecular formula is C16H22N4O5S. The van der Waals surface area contributed by atoms with Crippen LogP contribution < -0.4 is 10.3 Å². The fourth-order valence-electron chi connectivity index (χ4n) is 2.53. The monoisotopic (exact) mass is 382 g/mol. The number of H-pyrrole nitrogens is 1. The molecule has 0 amide bonds. The molecule has 142 valence electrons. The Morgan fingerprint density at radius 3 is 2.58 bits per heavy atom. The summed E-state index contributed by atoms with van der Waals surface area (Å²) in [5.41, 5.74) is -0.508. The predicted octanol–water partition coefficient (Wildman–Crippen LogP) is 2.93. The van der Waals surface area contributed by atoms with Gasteiger partial charge in [0.15, 0.2) is 0 Å². The van der Waals surface area contributed by atoms with E-state index in [0.717, 1.165) is 32.1 Å². The predicted molar refractivity (Wildman–Crippen MR) is 99.8 cm³/mol. The molecule has 0 saturated carbocycles. The molecule has 2 N–H and O–H groups in total. The van der Waals surface area contributed by atoms with Crippen molar-refractivity contribution in [2.45, 2.75) is 45.4 Å². The molecule has 1 aromatic heterocycles. The van der Waals surface area contributed by atoms with Crippen molar-refractivity contribution >= 4 is 32.6 Å². The van der Waals surface area contributed by atoms with Crippen molar-refractivity contribution in [2.24, 2.45) is 0 Å². The molecule has 0 aliphatic carbocycles. The van der Waals surface area contributed by atoms with E-state index in [1.54, 1.807) is 0 Å². The van der Waals surface area contributed by atoms with Crippen LogP contribution in [0.3, 0.4) is 0 Å². The van der Waals surface area contributed by atoms with Gasteiger partial charge >= 0.3 is 0 Å². The van der Waals surface area contributed by atoms with Gasteiger partial charge in [0.1, 0.15) is 0 Å². The minimum absolute atomic E-state index is 0.0848. The first kappa shape index (κ1) is 19.8. The fraction of sp³-hybridized carbons (Fsp3) is 0.500. The lowest BCUT2D eigenvalue weighted by Crippen LogP contribution is -2.23. The van der Waals surface area contributed by atoms with Crippen molar-refractivity contribution in [1.82, 2.24) is 9.97 Å². The Morgan fingerprint density at radius 1 is 1.19 bits per heavy atom. The maximum atomic E-state index is 12.1. The molecular weight excluding hydrogens is 360 g/mol. The zero-order valence-electron chi connectivity index (χ0n) is 14.5. The second kappa shape index (κ2) is 8.75. The van der Waals surface area contributed by atoms with Crippen molar-refractivity contribution in [3.63, 3.8) is 0 Å². The molecule has 0 unspecified atom stereocenters. The Hall–Kier alpha value is -2.49. The average molecular weight is 382 g/mol. The van der Waals surface area contributed by atoms with Gasteiger partial charge in [0.25, 0.3) is 11.2 Å². The molecule has 9 nitrogen and oxygen atoms in total. The molecule has 0 saturated heterocycles. The van der Waals surface area contributed by atoms with E-state index in [2.05, 4.69) is 21.6 Å². The van der Waals surface area contributed by atoms with Crippen LogP contribution in [-0.4, -0.2) is 29.1 Å². The molecule has 0 radical (unpaired) electrons. The molecule has 1 aromatic carbocycles. The number of aromatic nitrogens is 2. The van der Waals surface area contributed by atoms with E-state index in [9.17, 15) is 23.3 Å². The normalized spacial score (nSPS) is 11.6. The number of unbranched alkanes of at least 4 members (excludes halogenated alkanes) is 5. The molecule has 0 bridgehead atoms.